The van der Waals surface area contributed by atoms with Crippen molar-refractivity contribution in [3.63, 3.8) is 0 Å². The van der Waals surface area contributed by atoms with Gasteiger partial charge in [0.2, 0.25) is 10.1 Å². The van der Waals surface area contributed by atoms with Crippen LogP contribution >= 0.6 is 27.3 Å². The molecule has 2 aromatic heterocycles. The SMILES string of the molecule is COc1ccc(-c2nnc3sc(NC(=O)c4ccccc4Br)nn23)cc1. The highest BCUT2D eigenvalue weighted by Crippen LogP contribution is 2.26. The molecule has 1 amide bonds. The number of rotatable bonds is 4. The topological polar surface area (TPSA) is 81.4 Å². The number of aromatic nitrogens is 4. The van der Waals surface area contributed by atoms with Crippen molar-refractivity contribution in [1.29, 1.82) is 0 Å². The summed E-state index contributed by atoms with van der Waals surface area (Å²) in [5.41, 5.74) is 1.39. The third kappa shape index (κ3) is 3.06. The molecule has 7 nitrogen and oxygen atoms in total. The standard InChI is InChI=1S/C17H12BrN5O2S/c1-25-11-8-6-10(7-9-11)14-20-21-17-23(14)22-16(26-17)19-15(24)12-4-2-3-5-13(12)18/h2-9H,1H3,(H,19,22,24). The van der Waals surface area contributed by atoms with Gasteiger partial charge in [-0.3, -0.25) is 10.1 Å². The van der Waals surface area contributed by atoms with Crippen molar-refractivity contribution in [1.82, 2.24) is 19.8 Å². The van der Waals surface area contributed by atoms with Crippen molar-refractivity contribution in [3.8, 4) is 17.1 Å². The fourth-order valence-corrected chi connectivity index (χ4v) is 3.60. The zero-order valence-electron chi connectivity index (χ0n) is 13.5. The molecule has 1 N–H and O–H groups in total. The number of ether oxygens (including phenoxy) is 1. The van der Waals surface area contributed by atoms with Crippen molar-refractivity contribution >= 4 is 43.3 Å². The maximum absolute atomic E-state index is 12.4. The van der Waals surface area contributed by atoms with Gasteiger partial charge in [-0.05, 0) is 52.3 Å². The van der Waals surface area contributed by atoms with Gasteiger partial charge >= 0.3 is 0 Å². The fourth-order valence-electron chi connectivity index (χ4n) is 2.40. The van der Waals surface area contributed by atoms with Crippen molar-refractivity contribution < 1.29 is 9.53 Å². The third-order valence-corrected chi connectivity index (χ3v) is 5.18. The monoisotopic (exact) mass is 429 g/mol. The Hall–Kier alpha value is -2.78. The first-order valence-electron chi connectivity index (χ1n) is 7.58. The van der Waals surface area contributed by atoms with Gasteiger partial charge in [0.05, 0.1) is 12.7 Å². The van der Waals surface area contributed by atoms with E-state index in [0.29, 0.717) is 21.5 Å². The van der Waals surface area contributed by atoms with Crippen LogP contribution in [0.1, 0.15) is 10.4 Å². The van der Waals surface area contributed by atoms with Gasteiger partial charge in [-0.25, -0.2) is 0 Å². The Labute approximate surface area is 160 Å². The van der Waals surface area contributed by atoms with E-state index in [0.717, 1.165) is 15.8 Å². The van der Waals surface area contributed by atoms with E-state index in [9.17, 15) is 4.79 Å². The van der Waals surface area contributed by atoms with Gasteiger partial charge in [0.1, 0.15) is 5.75 Å². The lowest BCUT2D eigenvalue weighted by Crippen LogP contribution is -2.12. The fraction of sp³-hybridized carbons (Fsp3) is 0.0588. The second-order valence-electron chi connectivity index (χ2n) is 5.29. The maximum Gasteiger partial charge on any atom is 0.258 e. The van der Waals surface area contributed by atoms with Gasteiger partial charge in [-0.2, -0.15) is 4.52 Å². The molecule has 4 aromatic rings. The maximum atomic E-state index is 12.4. The lowest BCUT2D eigenvalue weighted by Gasteiger charge is -2.03. The number of hydrogen-bond donors (Lipinski definition) is 1. The van der Waals surface area contributed by atoms with Crippen molar-refractivity contribution in [2.45, 2.75) is 0 Å². The molecular weight excluding hydrogens is 418 g/mol. The third-order valence-electron chi connectivity index (χ3n) is 3.68. The summed E-state index contributed by atoms with van der Waals surface area (Å²) in [6.45, 7) is 0. The minimum atomic E-state index is -0.242. The Bertz CT molecular complexity index is 1090. The highest BCUT2D eigenvalue weighted by Gasteiger charge is 2.16. The van der Waals surface area contributed by atoms with Crippen LogP contribution < -0.4 is 10.1 Å². The Morgan fingerprint density at radius 2 is 1.92 bits per heavy atom. The first-order chi connectivity index (χ1) is 12.7. The minimum absolute atomic E-state index is 0.242. The van der Waals surface area contributed by atoms with Crippen LogP contribution in [0.3, 0.4) is 0 Å². The Balaban J connectivity index is 1.63. The number of carbonyl (C=O) groups is 1. The largest absolute Gasteiger partial charge is 0.497 e. The minimum Gasteiger partial charge on any atom is -0.497 e. The first-order valence-corrected chi connectivity index (χ1v) is 9.19. The van der Waals surface area contributed by atoms with Crippen molar-refractivity contribution in [2.24, 2.45) is 0 Å². The highest BCUT2D eigenvalue weighted by atomic mass is 79.9. The molecule has 0 saturated heterocycles. The summed E-state index contributed by atoms with van der Waals surface area (Å²) < 4.78 is 7.50. The first kappa shape index (κ1) is 16.7. The molecule has 0 aliphatic rings. The number of halogens is 1. The molecule has 9 heteroatoms. The number of nitrogens with zero attached hydrogens (tertiary/aromatic N) is 4. The lowest BCUT2D eigenvalue weighted by molar-refractivity contribution is 0.102. The smallest absolute Gasteiger partial charge is 0.258 e. The number of benzene rings is 2. The Morgan fingerprint density at radius 1 is 1.15 bits per heavy atom. The molecule has 0 unspecified atom stereocenters. The van der Waals surface area contributed by atoms with E-state index in [-0.39, 0.29) is 5.91 Å². The van der Waals surface area contributed by atoms with E-state index < -0.39 is 0 Å². The molecule has 0 spiro atoms. The predicted octanol–water partition coefficient (Wildman–Crippen LogP) is 3.88. The zero-order chi connectivity index (χ0) is 18.1. The second kappa shape index (κ2) is 6.85. The molecule has 130 valence electrons. The van der Waals surface area contributed by atoms with Crippen LogP contribution in [0.5, 0.6) is 5.75 Å². The number of carbonyl (C=O) groups excluding carboxylic acids is 1. The number of fused-ring (bicyclic) bond motifs is 1. The van der Waals surface area contributed by atoms with Gasteiger partial charge in [0.25, 0.3) is 5.91 Å². The molecule has 0 radical (unpaired) electrons. The second-order valence-corrected chi connectivity index (χ2v) is 7.10. The molecule has 0 saturated carbocycles. The molecule has 26 heavy (non-hydrogen) atoms. The number of nitrogens with one attached hydrogen (secondary N) is 1. The number of hydrogen-bond acceptors (Lipinski definition) is 6. The summed E-state index contributed by atoms with van der Waals surface area (Å²) in [6.07, 6.45) is 0. The number of anilines is 1. The van der Waals surface area contributed by atoms with Crippen LogP contribution in [-0.4, -0.2) is 32.8 Å². The summed E-state index contributed by atoms with van der Waals surface area (Å²) in [5, 5.41) is 16.0. The molecule has 4 rings (SSSR count). The molecule has 0 atom stereocenters. The van der Waals surface area contributed by atoms with Gasteiger partial charge < -0.3 is 4.74 Å². The van der Waals surface area contributed by atoms with E-state index >= 15 is 0 Å². The van der Waals surface area contributed by atoms with Crippen LogP contribution in [0.2, 0.25) is 0 Å². The molecule has 0 aliphatic carbocycles. The predicted molar refractivity (Wildman–Crippen MR) is 103 cm³/mol. The van der Waals surface area contributed by atoms with Gasteiger partial charge in [0.15, 0.2) is 5.82 Å². The van der Waals surface area contributed by atoms with Crippen LogP contribution in [0.25, 0.3) is 16.3 Å². The summed E-state index contributed by atoms with van der Waals surface area (Å²) >= 11 is 4.63. The summed E-state index contributed by atoms with van der Waals surface area (Å²) in [6, 6.07) is 14.7. The Kier molecular flexibility index (Phi) is 4.39. The highest BCUT2D eigenvalue weighted by molar-refractivity contribution is 9.10. The zero-order valence-corrected chi connectivity index (χ0v) is 15.9. The van der Waals surface area contributed by atoms with E-state index in [1.807, 2.05) is 36.4 Å². The van der Waals surface area contributed by atoms with E-state index in [4.69, 9.17) is 4.74 Å². The van der Waals surface area contributed by atoms with E-state index in [1.54, 1.807) is 23.8 Å². The van der Waals surface area contributed by atoms with E-state index in [1.165, 1.54) is 11.3 Å². The van der Waals surface area contributed by atoms with Crippen molar-refractivity contribution in [3.05, 3.63) is 58.6 Å². The summed E-state index contributed by atoms with van der Waals surface area (Å²) in [7, 11) is 1.62. The molecule has 2 heterocycles. The summed E-state index contributed by atoms with van der Waals surface area (Å²) in [5.74, 6) is 1.11. The van der Waals surface area contributed by atoms with Gasteiger partial charge in [-0.1, -0.05) is 23.5 Å². The van der Waals surface area contributed by atoms with Crippen LogP contribution in [0, 0.1) is 0 Å². The number of methoxy groups -OCH3 is 1. The molecule has 0 aliphatic heterocycles. The molecular formula is C17H12BrN5O2S. The average molecular weight is 430 g/mol. The van der Waals surface area contributed by atoms with Gasteiger partial charge in [0, 0.05) is 10.0 Å². The average Bonchev–Trinajstić information content (AvgIpc) is 3.22. The van der Waals surface area contributed by atoms with E-state index in [2.05, 4.69) is 36.5 Å². The number of amides is 1. The van der Waals surface area contributed by atoms with Crippen LogP contribution in [0.4, 0.5) is 5.13 Å². The Morgan fingerprint density at radius 3 is 2.65 bits per heavy atom. The molecule has 0 bridgehead atoms. The normalized spacial score (nSPS) is 10.8. The van der Waals surface area contributed by atoms with Crippen molar-refractivity contribution in [2.75, 3.05) is 12.4 Å². The molecule has 0 fully saturated rings. The van der Waals surface area contributed by atoms with Crippen LogP contribution in [0.15, 0.2) is 53.0 Å². The quantitative estimate of drug-likeness (QED) is 0.532. The van der Waals surface area contributed by atoms with Crippen LogP contribution in [-0.2, 0) is 0 Å². The molecule has 2 aromatic carbocycles. The summed E-state index contributed by atoms with van der Waals surface area (Å²) in [4.78, 5) is 13.0. The van der Waals surface area contributed by atoms with Gasteiger partial charge in [-0.15, -0.1) is 15.3 Å². The lowest BCUT2D eigenvalue weighted by atomic mass is 10.2.